The molecule has 0 saturated carbocycles. The van der Waals surface area contributed by atoms with Crippen molar-refractivity contribution in [2.45, 2.75) is 25.7 Å². The molecule has 6 nitrogen and oxygen atoms in total. The number of carbonyl (C=O) groups is 1. The van der Waals surface area contributed by atoms with Crippen molar-refractivity contribution >= 4 is 5.78 Å². The average molecular weight is 351 g/mol. The molecule has 0 aliphatic carbocycles. The van der Waals surface area contributed by atoms with Crippen LogP contribution in [0.2, 0.25) is 0 Å². The maximum absolute atomic E-state index is 12.7. The van der Waals surface area contributed by atoms with E-state index in [1.165, 1.54) is 14.2 Å². The highest BCUT2D eigenvalue weighted by molar-refractivity contribution is 6.01. The van der Waals surface area contributed by atoms with Crippen molar-refractivity contribution in [3.05, 3.63) is 17.7 Å². The molecule has 0 amide bonds. The van der Waals surface area contributed by atoms with Gasteiger partial charge in [-0.1, -0.05) is 0 Å². The fourth-order valence-corrected chi connectivity index (χ4v) is 3.37. The summed E-state index contributed by atoms with van der Waals surface area (Å²) in [6, 6.07) is 3.40. The van der Waals surface area contributed by atoms with Crippen LogP contribution >= 0.6 is 0 Å². The third-order valence-electron chi connectivity index (χ3n) is 4.73. The van der Waals surface area contributed by atoms with Gasteiger partial charge in [-0.3, -0.25) is 4.79 Å². The first-order valence-corrected chi connectivity index (χ1v) is 8.79. The summed E-state index contributed by atoms with van der Waals surface area (Å²) in [6.07, 6.45) is 3.40. The van der Waals surface area contributed by atoms with Gasteiger partial charge >= 0.3 is 0 Å². The summed E-state index contributed by atoms with van der Waals surface area (Å²) in [6.45, 7) is 3.07. The van der Waals surface area contributed by atoms with Crippen LogP contribution in [0.5, 0.6) is 17.2 Å². The number of carbonyl (C=O) groups excluding carboxylic acids is 1. The maximum atomic E-state index is 12.7. The maximum Gasteiger partial charge on any atom is 0.170 e. The number of ketones is 1. The van der Waals surface area contributed by atoms with Gasteiger partial charge in [-0.25, -0.2) is 0 Å². The van der Waals surface area contributed by atoms with Crippen molar-refractivity contribution in [1.82, 2.24) is 4.90 Å². The van der Waals surface area contributed by atoms with Crippen LogP contribution in [0.1, 0.15) is 36.0 Å². The highest BCUT2D eigenvalue weighted by Crippen LogP contribution is 2.35. The molecule has 1 aromatic carbocycles. The monoisotopic (exact) mass is 351 g/mol. The van der Waals surface area contributed by atoms with Gasteiger partial charge in [0.15, 0.2) is 5.78 Å². The molecule has 1 unspecified atom stereocenters. The number of aliphatic hydroxyl groups excluding tert-OH is 1. The van der Waals surface area contributed by atoms with Crippen molar-refractivity contribution in [2.75, 3.05) is 47.6 Å². The van der Waals surface area contributed by atoms with E-state index in [9.17, 15) is 9.90 Å². The van der Waals surface area contributed by atoms with Gasteiger partial charge in [0.1, 0.15) is 22.8 Å². The normalized spacial score (nSPS) is 18.0. The highest BCUT2D eigenvalue weighted by Gasteiger charge is 2.22. The zero-order valence-electron chi connectivity index (χ0n) is 15.4. The summed E-state index contributed by atoms with van der Waals surface area (Å²) in [5.41, 5.74) is 0.470. The summed E-state index contributed by atoms with van der Waals surface area (Å²) in [7, 11) is 4.63. The fourth-order valence-electron chi connectivity index (χ4n) is 3.37. The van der Waals surface area contributed by atoms with Gasteiger partial charge in [-0.2, -0.15) is 0 Å². The van der Waals surface area contributed by atoms with Crippen LogP contribution in [0.25, 0.3) is 0 Å². The Kier molecular flexibility index (Phi) is 7.52. The molecular formula is C19H29NO5. The van der Waals surface area contributed by atoms with E-state index in [-0.39, 0.29) is 12.4 Å². The molecule has 1 aromatic rings. The van der Waals surface area contributed by atoms with Crippen molar-refractivity contribution < 1.29 is 24.1 Å². The second-order valence-corrected chi connectivity index (χ2v) is 6.43. The van der Waals surface area contributed by atoms with Crippen LogP contribution in [-0.2, 0) is 0 Å². The van der Waals surface area contributed by atoms with Gasteiger partial charge in [-0.05, 0) is 38.3 Å². The Balaban J connectivity index is 1.98. The Morgan fingerprint density at radius 1 is 1.20 bits per heavy atom. The minimum Gasteiger partial charge on any atom is -0.496 e. The van der Waals surface area contributed by atoms with E-state index in [1.54, 1.807) is 19.2 Å². The second kappa shape index (κ2) is 9.63. The SMILES string of the molecule is COc1cc(OC)c(C(=O)CCCN2CCCC(CO)C2)c(OC)c1. The van der Waals surface area contributed by atoms with Crippen LogP contribution in [0.3, 0.4) is 0 Å². The summed E-state index contributed by atoms with van der Waals surface area (Å²) in [5, 5.41) is 9.31. The Morgan fingerprint density at radius 2 is 1.88 bits per heavy atom. The molecule has 1 saturated heterocycles. The third kappa shape index (κ3) is 5.09. The topological polar surface area (TPSA) is 68.2 Å². The molecule has 0 spiro atoms. The van der Waals surface area contributed by atoms with Gasteiger partial charge in [0.25, 0.3) is 0 Å². The molecule has 0 aromatic heterocycles. The number of hydrogen-bond donors (Lipinski definition) is 1. The van der Waals surface area contributed by atoms with Crippen molar-refractivity contribution in [1.29, 1.82) is 0 Å². The lowest BCUT2D eigenvalue weighted by molar-refractivity contribution is 0.0949. The zero-order valence-corrected chi connectivity index (χ0v) is 15.4. The Bertz CT molecular complexity index is 550. The largest absolute Gasteiger partial charge is 0.496 e. The number of Topliss-reactive ketones (excluding diaryl/α,β-unsaturated/α-hetero) is 1. The van der Waals surface area contributed by atoms with Crippen LogP contribution in [-0.4, -0.2) is 63.4 Å². The number of nitrogens with zero attached hydrogens (tertiary/aromatic N) is 1. The van der Waals surface area contributed by atoms with E-state index in [2.05, 4.69) is 4.90 Å². The lowest BCUT2D eigenvalue weighted by Gasteiger charge is -2.31. The van der Waals surface area contributed by atoms with Crippen LogP contribution in [0, 0.1) is 5.92 Å². The number of rotatable bonds is 9. The summed E-state index contributed by atoms with van der Waals surface area (Å²) < 4.78 is 15.9. The number of likely N-dealkylation sites (tertiary alicyclic amines) is 1. The number of benzene rings is 1. The first kappa shape index (κ1) is 19.5. The predicted molar refractivity (Wildman–Crippen MR) is 95.9 cm³/mol. The first-order chi connectivity index (χ1) is 12.1. The molecule has 1 heterocycles. The minimum absolute atomic E-state index is 0.00655. The van der Waals surface area contributed by atoms with E-state index in [1.807, 2.05) is 0 Å². The third-order valence-corrected chi connectivity index (χ3v) is 4.73. The quantitative estimate of drug-likeness (QED) is 0.689. The number of hydrogen-bond acceptors (Lipinski definition) is 6. The van der Waals surface area contributed by atoms with Gasteiger partial charge in [0.2, 0.25) is 0 Å². The highest BCUT2D eigenvalue weighted by atomic mass is 16.5. The molecule has 140 valence electrons. The molecular weight excluding hydrogens is 322 g/mol. The summed E-state index contributed by atoms with van der Waals surface area (Å²) in [4.78, 5) is 15.0. The molecule has 0 radical (unpaired) electrons. The molecule has 1 aliphatic rings. The summed E-state index contributed by atoms with van der Waals surface area (Å²) in [5.74, 6) is 1.91. The van der Waals surface area contributed by atoms with E-state index >= 15 is 0 Å². The lowest BCUT2D eigenvalue weighted by Crippen LogP contribution is -2.37. The first-order valence-electron chi connectivity index (χ1n) is 8.79. The summed E-state index contributed by atoms with van der Waals surface area (Å²) >= 11 is 0. The zero-order chi connectivity index (χ0) is 18.2. The second-order valence-electron chi connectivity index (χ2n) is 6.43. The average Bonchev–Trinajstić information content (AvgIpc) is 2.66. The van der Waals surface area contributed by atoms with Crippen molar-refractivity contribution in [3.63, 3.8) is 0 Å². The van der Waals surface area contributed by atoms with E-state index in [4.69, 9.17) is 14.2 Å². The Hall–Kier alpha value is -1.79. The van der Waals surface area contributed by atoms with Gasteiger partial charge in [0.05, 0.1) is 21.3 Å². The molecule has 1 N–H and O–H groups in total. The smallest absolute Gasteiger partial charge is 0.170 e. The molecule has 1 atom stereocenters. The molecule has 25 heavy (non-hydrogen) atoms. The number of methoxy groups -OCH3 is 3. The van der Waals surface area contributed by atoms with E-state index < -0.39 is 0 Å². The van der Waals surface area contributed by atoms with Gasteiger partial charge < -0.3 is 24.2 Å². The lowest BCUT2D eigenvalue weighted by atomic mass is 9.98. The number of piperidine rings is 1. The Labute approximate surface area is 149 Å². The molecule has 2 rings (SSSR count). The van der Waals surface area contributed by atoms with Crippen LogP contribution in [0.4, 0.5) is 0 Å². The van der Waals surface area contributed by atoms with Gasteiger partial charge in [0, 0.05) is 31.7 Å². The van der Waals surface area contributed by atoms with Gasteiger partial charge in [-0.15, -0.1) is 0 Å². The van der Waals surface area contributed by atoms with Crippen molar-refractivity contribution in [3.8, 4) is 17.2 Å². The van der Waals surface area contributed by atoms with Crippen molar-refractivity contribution in [2.24, 2.45) is 5.92 Å². The molecule has 1 fully saturated rings. The van der Waals surface area contributed by atoms with Crippen LogP contribution in [0.15, 0.2) is 12.1 Å². The predicted octanol–water partition coefficient (Wildman–Crippen LogP) is 2.38. The fraction of sp³-hybridized carbons (Fsp3) is 0.632. The molecule has 0 bridgehead atoms. The standard InChI is InChI=1S/C19H29NO5/c1-23-15-10-17(24-2)19(18(11-15)25-3)16(22)7-5-9-20-8-4-6-14(12-20)13-21/h10-11,14,21H,4-9,12-13H2,1-3H3. The number of aliphatic hydroxyl groups is 1. The molecule has 1 aliphatic heterocycles. The van der Waals surface area contributed by atoms with E-state index in [0.717, 1.165) is 38.9 Å². The minimum atomic E-state index is 0.00655. The number of ether oxygens (including phenoxy) is 3. The Morgan fingerprint density at radius 3 is 2.44 bits per heavy atom. The van der Waals surface area contributed by atoms with E-state index in [0.29, 0.717) is 35.2 Å². The van der Waals surface area contributed by atoms with Crippen LogP contribution < -0.4 is 14.2 Å². The molecule has 6 heteroatoms.